The molecule has 1 fully saturated rings. The van der Waals surface area contributed by atoms with Crippen molar-refractivity contribution in [2.24, 2.45) is 0 Å². The van der Waals surface area contributed by atoms with Crippen LogP contribution in [0.1, 0.15) is 28.9 Å². The normalized spacial score (nSPS) is 15.4. The Kier molecular flexibility index (Phi) is 6.27. The van der Waals surface area contributed by atoms with E-state index in [0.717, 1.165) is 32.5 Å². The third kappa shape index (κ3) is 5.35. The predicted molar refractivity (Wildman–Crippen MR) is 97.2 cm³/mol. The van der Waals surface area contributed by atoms with Crippen molar-refractivity contribution in [2.45, 2.75) is 25.4 Å². The Morgan fingerprint density at radius 3 is 2.58 bits per heavy atom. The lowest BCUT2D eigenvalue weighted by Crippen LogP contribution is -2.47. The summed E-state index contributed by atoms with van der Waals surface area (Å²) in [5.41, 5.74) is 1.51. The summed E-state index contributed by atoms with van der Waals surface area (Å²) in [5.74, 6) is -0.574. The molecular weight excluding hydrogens is 330 g/mol. The highest BCUT2D eigenvalue weighted by Gasteiger charge is 2.21. The van der Waals surface area contributed by atoms with Crippen LogP contribution in [0.3, 0.4) is 0 Å². The largest absolute Gasteiger partial charge is 0.352 e. The Labute approximate surface area is 152 Å². The zero-order valence-electron chi connectivity index (χ0n) is 14.6. The van der Waals surface area contributed by atoms with E-state index >= 15 is 0 Å². The third-order valence-corrected chi connectivity index (χ3v) is 4.41. The molecule has 0 bridgehead atoms. The van der Waals surface area contributed by atoms with Crippen LogP contribution in [0.4, 0.5) is 0 Å². The third-order valence-electron chi connectivity index (χ3n) is 4.41. The molecule has 0 unspecified atom stereocenters. The number of nitrogens with zero attached hydrogens (tertiary/aromatic N) is 3. The van der Waals surface area contributed by atoms with Crippen molar-refractivity contribution in [3.63, 3.8) is 0 Å². The number of amides is 2. The zero-order valence-corrected chi connectivity index (χ0v) is 14.6. The van der Waals surface area contributed by atoms with Gasteiger partial charge in [0, 0.05) is 38.1 Å². The van der Waals surface area contributed by atoms with Gasteiger partial charge in [-0.15, -0.1) is 0 Å². The number of aromatic nitrogens is 2. The molecule has 2 N–H and O–H groups in total. The molecule has 1 aliphatic heterocycles. The minimum absolute atomic E-state index is 0.0559. The molecule has 0 spiro atoms. The molecule has 0 atom stereocenters. The van der Waals surface area contributed by atoms with Gasteiger partial charge in [0.25, 0.3) is 5.91 Å². The molecule has 7 nitrogen and oxygen atoms in total. The molecule has 0 radical (unpaired) electrons. The minimum atomic E-state index is -0.397. The molecule has 1 aromatic heterocycles. The van der Waals surface area contributed by atoms with E-state index < -0.39 is 5.91 Å². The predicted octanol–water partition coefficient (Wildman–Crippen LogP) is 0.987. The van der Waals surface area contributed by atoms with Crippen LogP contribution in [0.2, 0.25) is 0 Å². The van der Waals surface area contributed by atoms with Crippen LogP contribution in [-0.4, -0.2) is 52.4 Å². The molecule has 26 heavy (non-hydrogen) atoms. The van der Waals surface area contributed by atoms with E-state index in [4.69, 9.17) is 0 Å². The van der Waals surface area contributed by atoms with Crippen LogP contribution in [0.25, 0.3) is 0 Å². The van der Waals surface area contributed by atoms with Gasteiger partial charge in [0.15, 0.2) is 0 Å². The number of hydrogen-bond acceptors (Lipinski definition) is 5. The van der Waals surface area contributed by atoms with Gasteiger partial charge >= 0.3 is 0 Å². The highest BCUT2D eigenvalue weighted by atomic mass is 16.2. The van der Waals surface area contributed by atoms with Gasteiger partial charge in [-0.3, -0.25) is 19.5 Å². The fraction of sp³-hybridized carbons (Fsp3) is 0.368. The summed E-state index contributed by atoms with van der Waals surface area (Å²) < 4.78 is 0. The molecule has 2 aromatic rings. The fourth-order valence-corrected chi connectivity index (χ4v) is 3.02. The van der Waals surface area contributed by atoms with Gasteiger partial charge in [0.1, 0.15) is 5.69 Å². The number of nitrogens with one attached hydrogen (secondary N) is 2. The number of rotatable bonds is 6. The maximum Gasteiger partial charge on any atom is 0.271 e. The topological polar surface area (TPSA) is 87.2 Å². The van der Waals surface area contributed by atoms with Crippen LogP contribution in [0, 0.1) is 0 Å². The Balaban J connectivity index is 1.36. The van der Waals surface area contributed by atoms with E-state index in [1.54, 1.807) is 0 Å². The molecule has 2 amide bonds. The molecule has 0 saturated carbocycles. The average molecular weight is 353 g/mol. The molecule has 2 heterocycles. The van der Waals surface area contributed by atoms with Crippen molar-refractivity contribution in [2.75, 3.05) is 19.6 Å². The Morgan fingerprint density at radius 2 is 1.88 bits per heavy atom. The molecular formula is C19H23N5O2. The smallest absolute Gasteiger partial charge is 0.271 e. The molecule has 1 aromatic carbocycles. The Bertz CT molecular complexity index is 715. The van der Waals surface area contributed by atoms with Crippen LogP contribution >= 0.6 is 0 Å². The number of likely N-dealkylation sites (tertiary alicyclic amines) is 1. The summed E-state index contributed by atoms with van der Waals surface area (Å²) in [6, 6.07) is 10.5. The van der Waals surface area contributed by atoms with Crippen molar-refractivity contribution in [1.29, 1.82) is 0 Å². The molecule has 3 rings (SSSR count). The Hall–Kier alpha value is -2.80. The number of piperidine rings is 1. The van der Waals surface area contributed by atoms with Gasteiger partial charge in [0.05, 0.1) is 12.7 Å². The number of carbonyl (C=O) groups is 2. The second kappa shape index (κ2) is 9.05. The zero-order chi connectivity index (χ0) is 18.2. The summed E-state index contributed by atoms with van der Waals surface area (Å²) in [7, 11) is 0. The van der Waals surface area contributed by atoms with Gasteiger partial charge in [-0.25, -0.2) is 4.98 Å². The van der Waals surface area contributed by atoms with Gasteiger partial charge in [-0.1, -0.05) is 30.3 Å². The van der Waals surface area contributed by atoms with E-state index in [0.29, 0.717) is 0 Å². The van der Waals surface area contributed by atoms with Crippen molar-refractivity contribution in [3.05, 3.63) is 60.2 Å². The first-order chi connectivity index (χ1) is 12.7. The second-order valence-electron chi connectivity index (χ2n) is 6.38. The highest BCUT2D eigenvalue weighted by molar-refractivity contribution is 5.94. The average Bonchev–Trinajstić information content (AvgIpc) is 2.69. The molecule has 136 valence electrons. The molecule has 1 aliphatic rings. The number of hydrogen-bond donors (Lipinski definition) is 2. The first-order valence-corrected chi connectivity index (χ1v) is 8.80. The van der Waals surface area contributed by atoms with E-state index in [9.17, 15) is 9.59 Å². The first-order valence-electron chi connectivity index (χ1n) is 8.80. The minimum Gasteiger partial charge on any atom is -0.352 e. The molecule has 7 heteroatoms. The lowest BCUT2D eigenvalue weighted by Gasteiger charge is -2.32. The van der Waals surface area contributed by atoms with E-state index in [1.165, 1.54) is 24.2 Å². The quantitative estimate of drug-likeness (QED) is 0.809. The Morgan fingerprint density at radius 1 is 1.12 bits per heavy atom. The monoisotopic (exact) mass is 353 g/mol. The van der Waals surface area contributed by atoms with E-state index in [2.05, 4.69) is 49.8 Å². The van der Waals surface area contributed by atoms with E-state index in [1.807, 2.05) is 6.07 Å². The summed E-state index contributed by atoms with van der Waals surface area (Å²) >= 11 is 0. The van der Waals surface area contributed by atoms with Crippen LogP contribution < -0.4 is 10.6 Å². The first kappa shape index (κ1) is 18.0. The van der Waals surface area contributed by atoms with E-state index in [-0.39, 0.29) is 24.2 Å². The SMILES string of the molecule is O=C(CNC(=O)c1cnccn1)NC1CCN(Cc2ccccc2)CC1. The highest BCUT2D eigenvalue weighted by Crippen LogP contribution is 2.13. The second-order valence-corrected chi connectivity index (χ2v) is 6.38. The maximum absolute atomic E-state index is 12.0. The maximum atomic E-state index is 12.0. The van der Waals surface area contributed by atoms with Gasteiger partial charge in [0.2, 0.25) is 5.91 Å². The van der Waals surface area contributed by atoms with Crippen molar-refractivity contribution in [3.8, 4) is 0 Å². The van der Waals surface area contributed by atoms with Gasteiger partial charge in [-0.05, 0) is 18.4 Å². The fourth-order valence-electron chi connectivity index (χ4n) is 3.02. The summed E-state index contributed by atoms with van der Waals surface area (Å²) in [6.07, 6.45) is 6.13. The van der Waals surface area contributed by atoms with Crippen molar-refractivity contribution in [1.82, 2.24) is 25.5 Å². The standard InChI is InChI=1S/C19H23N5O2/c25-18(13-22-19(26)17-12-20-8-9-21-17)23-16-6-10-24(11-7-16)14-15-4-2-1-3-5-15/h1-5,8-9,12,16H,6-7,10-11,13-14H2,(H,22,26)(H,23,25). The van der Waals surface area contributed by atoms with Crippen LogP contribution in [0.5, 0.6) is 0 Å². The van der Waals surface area contributed by atoms with Crippen LogP contribution in [0.15, 0.2) is 48.9 Å². The van der Waals surface area contributed by atoms with Crippen molar-refractivity contribution >= 4 is 11.8 Å². The lowest BCUT2D eigenvalue weighted by atomic mass is 10.0. The molecule has 0 aliphatic carbocycles. The number of carbonyl (C=O) groups excluding carboxylic acids is 2. The molecule has 1 saturated heterocycles. The summed E-state index contributed by atoms with van der Waals surface area (Å²) in [6.45, 7) is 2.78. The van der Waals surface area contributed by atoms with Crippen molar-refractivity contribution < 1.29 is 9.59 Å². The lowest BCUT2D eigenvalue weighted by molar-refractivity contribution is -0.121. The number of benzene rings is 1. The summed E-state index contributed by atoms with van der Waals surface area (Å²) in [5, 5.41) is 5.56. The van der Waals surface area contributed by atoms with Gasteiger partial charge < -0.3 is 10.6 Å². The van der Waals surface area contributed by atoms with Crippen LogP contribution in [-0.2, 0) is 11.3 Å². The van der Waals surface area contributed by atoms with Gasteiger partial charge in [-0.2, -0.15) is 0 Å². The summed E-state index contributed by atoms with van der Waals surface area (Å²) in [4.78, 5) is 34.0.